The maximum Gasteiger partial charge on any atom is 0.416 e. The topological polar surface area (TPSA) is 53.2 Å². The molecule has 0 saturated heterocycles. The van der Waals surface area contributed by atoms with Gasteiger partial charge >= 0.3 is 6.18 Å². The Balaban J connectivity index is 0.00000364. The highest BCUT2D eigenvalue weighted by atomic mass is 35.5. The number of anilines is 1. The summed E-state index contributed by atoms with van der Waals surface area (Å²) in [6, 6.07) is 2.46. The van der Waals surface area contributed by atoms with Gasteiger partial charge in [-0.2, -0.15) is 13.2 Å². The van der Waals surface area contributed by atoms with Crippen LogP contribution in [0.3, 0.4) is 0 Å². The number of halogens is 6. The summed E-state index contributed by atoms with van der Waals surface area (Å²) >= 11 is 5.98. The van der Waals surface area contributed by atoms with Gasteiger partial charge < -0.3 is 16.0 Å². The molecule has 0 radical (unpaired) electrons. The van der Waals surface area contributed by atoms with Crippen molar-refractivity contribution >= 4 is 48.0 Å². The molecule has 28 heavy (non-hydrogen) atoms. The lowest BCUT2D eigenvalue weighted by atomic mass is 10.0. The zero-order valence-electron chi connectivity index (χ0n) is 15.5. The molecule has 1 unspecified atom stereocenters. The van der Waals surface area contributed by atoms with Crippen LogP contribution in [0, 0.1) is 5.92 Å². The highest BCUT2D eigenvalue weighted by Gasteiger charge is 2.31. The second kappa shape index (κ2) is 11.8. The summed E-state index contributed by atoms with van der Waals surface area (Å²) in [5, 5.41) is 8.99. The molecule has 1 aromatic carbocycles. The molecule has 3 N–H and O–H groups in total. The van der Waals surface area contributed by atoms with Gasteiger partial charge in [0.15, 0.2) is 0 Å². The van der Waals surface area contributed by atoms with Gasteiger partial charge in [-0.05, 0) is 37.1 Å². The highest BCUT2D eigenvalue weighted by molar-refractivity contribution is 6.33. The molecule has 0 bridgehead atoms. The van der Waals surface area contributed by atoms with Crippen molar-refractivity contribution in [3.8, 4) is 0 Å². The summed E-state index contributed by atoms with van der Waals surface area (Å²) in [5.74, 6) is -0.286. The summed E-state index contributed by atoms with van der Waals surface area (Å²) < 4.78 is 38.2. The van der Waals surface area contributed by atoms with Crippen molar-refractivity contribution in [1.82, 2.24) is 10.6 Å². The van der Waals surface area contributed by atoms with Gasteiger partial charge in [-0.1, -0.05) is 37.1 Å². The lowest BCUT2D eigenvalue weighted by Gasteiger charge is -2.24. The number of hydrogen-bond acceptors (Lipinski definition) is 3. The van der Waals surface area contributed by atoms with Gasteiger partial charge in [0, 0.05) is 13.1 Å². The SMILES string of the molecule is CC(C)C(Nc1ccc(C(F)(F)F)cc1Cl)C(=O)NCC1=CCNCC1.Cl.Cl. The number of carbonyl (C=O) groups is 1. The van der Waals surface area contributed by atoms with E-state index in [1.807, 2.05) is 19.9 Å². The first-order valence-electron chi connectivity index (χ1n) is 8.48. The van der Waals surface area contributed by atoms with Crippen LogP contribution in [-0.4, -0.2) is 31.6 Å². The van der Waals surface area contributed by atoms with Gasteiger partial charge in [0.2, 0.25) is 5.91 Å². The van der Waals surface area contributed by atoms with Crippen molar-refractivity contribution in [2.24, 2.45) is 5.92 Å². The number of nitrogens with one attached hydrogen (secondary N) is 3. The second-order valence-corrected chi connectivity index (χ2v) is 7.00. The number of rotatable bonds is 6. The number of amides is 1. The van der Waals surface area contributed by atoms with Crippen molar-refractivity contribution in [3.05, 3.63) is 40.4 Å². The van der Waals surface area contributed by atoms with Crippen LogP contribution in [0.2, 0.25) is 5.02 Å². The van der Waals surface area contributed by atoms with Gasteiger partial charge in [-0.3, -0.25) is 4.79 Å². The molecule has 1 aromatic rings. The quantitative estimate of drug-likeness (QED) is 0.538. The molecule has 0 spiro atoms. The number of hydrogen-bond donors (Lipinski definition) is 3. The van der Waals surface area contributed by atoms with E-state index in [4.69, 9.17) is 11.6 Å². The molecule has 4 nitrogen and oxygen atoms in total. The lowest BCUT2D eigenvalue weighted by molar-refractivity contribution is -0.137. The fourth-order valence-corrected chi connectivity index (χ4v) is 2.89. The molecule has 1 aliphatic heterocycles. The summed E-state index contributed by atoms with van der Waals surface area (Å²) in [6.07, 6.45) is -1.53. The van der Waals surface area contributed by atoms with Gasteiger partial charge in [-0.15, -0.1) is 24.8 Å². The average molecular weight is 463 g/mol. The highest BCUT2D eigenvalue weighted by Crippen LogP contribution is 2.34. The predicted octanol–water partition coefficient (Wildman–Crippen LogP) is 4.67. The third-order valence-corrected chi connectivity index (χ3v) is 4.52. The van der Waals surface area contributed by atoms with Gasteiger partial charge in [0.05, 0.1) is 16.3 Å². The summed E-state index contributed by atoms with van der Waals surface area (Å²) in [6.45, 7) is 5.86. The monoisotopic (exact) mass is 461 g/mol. The number of benzene rings is 1. The van der Waals surface area contributed by atoms with Crippen LogP contribution < -0.4 is 16.0 Å². The zero-order chi connectivity index (χ0) is 19.3. The molecular formula is C18H25Cl3F3N3O. The van der Waals surface area contributed by atoms with E-state index in [2.05, 4.69) is 16.0 Å². The maximum absolute atomic E-state index is 12.7. The molecule has 0 fully saturated rings. The Morgan fingerprint density at radius 2 is 1.96 bits per heavy atom. The predicted molar refractivity (Wildman–Crippen MR) is 112 cm³/mol. The van der Waals surface area contributed by atoms with E-state index in [1.165, 1.54) is 6.07 Å². The molecule has 2 rings (SSSR count). The minimum atomic E-state index is -4.46. The van der Waals surface area contributed by atoms with Crippen LogP contribution in [-0.2, 0) is 11.0 Å². The van der Waals surface area contributed by atoms with Crippen LogP contribution in [0.25, 0.3) is 0 Å². The Morgan fingerprint density at radius 3 is 2.46 bits per heavy atom. The molecule has 0 saturated carbocycles. The Bertz CT molecular complexity index is 682. The molecule has 160 valence electrons. The Kier molecular flexibility index (Phi) is 11.3. The minimum Gasteiger partial charge on any atom is -0.372 e. The van der Waals surface area contributed by atoms with Gasteiger partial charge in [0.1, 0.15) is 6.04 Å². The van der Waals surface area contributed by atoms with E-state index in [9.17, 15) is 18.0 Å². The molecule has 1 aliphatic rings. The van der Waals surface area contributed by atoms with Crippen molar-refractivity contribution in [2.45, 2.75) is 32.5 Å². The molecule has 1 heterocycles. The van der Waals surface area contributed by atoms with Crippen LogP contribution in [0.4, 0.5) is 18.9 Å². The third kappa shape index (κ3) is 7.70. The Morgan fingerprint density at radius 1 is 1.29 bits per heavy atom. The second-order valence-electron chi connectivity index (χ2n) is 6.59. The molecule has 0 aliphatic carbocycles. The van der Waals surface area contributed by atoms with Crippen molar-refractivity contribution in [2.75, 3.05) is 25.0 Å². The summed E-state index contributed by atoms with van der Waals surface area (Å²) in [4.78, 5) is 12.5. The fourth-order valence-electron chi connectivity index (χ4n) is 2.65. The first-order chi connectivity index (χ1) is 12.2. The molecule has 10 heteroatoms. The van der Waals surface area contributed by atoms with Crippen LogP contribution >= 0.6 is 36.4 Å². The Hall–Kier alpha value is -1.15. The Labute approximate surface area is 180 Å². The van der Waals surface area contributed by atoms with Crippen LogP contribution in [0.15, 0.2) is 29.8 Å². The van der Waals surface area contributed by atoms with Crippen LogP contribution in [0.5, 0.6) is 0 Å². The van der Waals surface area contributed by atoms with E-state index >= 15 is 0 Å². The fraction of sp³-hybridized carbons (Fsp3) is 0.500. The average Bonchev–Trinajstić information content (AvgIpc) is 2.58. The van der Waals surface area contributed by atoms with E-state index in [0.717, 1.165) is 37.2 Å². The molecule has 1 amide bonds. The summed E-state index contributed by atoms with van der Waals surface area (Å²) in [5.41, 5.74) is 0.637. The van der Waals surface area contributed by atoms with Crippen molar-refractivity contribution in [1.29, 1.82) is 0 Å². The third-order valence-electron chi connectivity index (χ3n) is 4.20. The van der Waals surface area contributed by atoms with Crippen molar-refractivity contribution in [3.63, 3.8) is 0 Å². The number of alkyl halides is 3. The lowest BCUT2D eigenvalue weighted by Crippen LogP contribution is -2.44. The van der Waals surface area contributed by atoms with Gasteiger partial charge in [-0.25, -0.2) is 0 Å². The van der Waals surface area contributed by atoms with Crippen LogP contribution in [0.1, 0.15) is 25.8 Å². The first-order valence-corrected chi connectivity index (χ1v) is 8.86. The van der Waals surface area contributed by atoms with Gasteiger partial charge in [0.25, 0.3) is 0 Å². The standard InChI is InChI=1S/C18H23ClF3N3O.2ClH/c1-11(2)16(17(26)24-10-12-5-7-23-8-6-12)25-15-4-3-13(9-14(15)19)18(20,21)22;;/h3-5,9,11,16,23,25H,6-8,10H2,1-2H3,(H,24,26);2*1H. The van der Waals surface area contributed by atoms with Crippen molar-refractivity contribution < 1.29 is 18.0 Å². The van der Waals surface area contributed by atoms with E-state index in [1.54, 1.807) is 0 Å². The maximum atomic E-state index is 12.7. The first kappa shape index (κ1) is 26.9. The molecular weight excluding hydrogens is 438 g/mol. The largest absolute Gasteiger partial charge is 0.416 e. The number of carbonyl (C=O) groups excluding carboxylic acids is 1. The molecule has 0 aromatic heterocycles. The smallest absolute Gasteiger partial charge is 0.372 e. The van der Waals surface area contributed by atoms with E-state index in [-0.39, 0.29) is 41.7 Å². The van der Waals surface area contributed by atoms with E-state index in [0.29, 0.717) is 12.2 Å². The normalized spacial score (nSPS) is 15.0. The summed E-state index contributed by atoms with van der Waals surface area (Å²) in [7, 11) is 0. The zero-order valence-corrected chi connectivity index (χ0v) is 17.9. The molecule has 1 atom stereocenters. The van der Waals surface area contributed by atoms with E-state index < -0.39 is 17.8 Å². The minimum absolute atomic E-state index is 0.